The first-order chi connectivity index (χ1) is 8.08. The van der Waals surface area contributed by atoms with Crippen LogP contribution >= 0.6 is 11.3 Å². The predicted molar refractivity (Wildman–Crippen MR) is 69.3 cm³/mol. The lowest BCUT2D eigenvalue weighted by Gasteiger charge is -2.07. The molecule has 0 saturated heterocycles. The molecule has 4 nitrogen and oxygen atoms in total. The van der Waals surface area contributed by atoms with Gasteiger partial charge in [0.1, 0.15) is 0 Å². The number of carbonyl (C=O) groups excluding carboxylic acids is 1. The summed E-state index contributed by atoms with van der Waals surface area (Å²) in [7, 11) is 0. The maximum Gasteiger partial charge on any atom is 0.226 e. The van der Waals surface area contributed by atoms with Gasteiger partial charge in [0.2, 0.25) is 5.91 Å². The molecule has 1 amide bonds. The molecule has 1 aromatic heterocycles. The van der Waals surface area contributed by atoms with Crippen molar-refractivity contribution >= 4 is 17.2 Å². The molecule has 1 heterocycles. The van der Waals surface area contributed by atoms with E-state index in [0.717, 1.165) is 17.1 Å². The van der Waals surface area contributed by atoms with Crippen LogP contribution in [0.5, 0.6) is 0 Å². The Balaban J connectivity index is 2.09. The van der Waals surface area contributed by atoms with Crippen LogP contribution in [0.4, 0.5) is 0 Å². The van der Waals surface area contributed by atoms with Crippen LogP contribution in [0.1, 0.15) is 31.0 Å². The Morgan fingerprint density at radius 1 is 1.59 bits per heavy atom. The number of hydrogen-bond acceptors (Lipinski definition) is 4. The lowest BCUT2D eigenvalue weighted by atomic mass is 10.3. The summed E-state index contributed by atoms with van der Waals surface area (Å²) in [5.74, 6) is 0.0276. The smallest absolute Gasteiger partial charge is 0.226 e. The van der Waals surface area contributed by atoms with Crippen molar-refractivity contribution in [3.63, 3.8) is 0 Å². The second-order valence-electron chi connectivity index (χ2n) is 4.16. The van der Waals surface area contributed by atoms with E-state index >= 15 is 0 Å². The fourth-order valence-corrected chi connectivity index (χ4v) is 1.95. The first-order valence-electron chi connectivity index (χ1n) is 5.87. The number of hydrogen-bond donors (Lipinski definition) is 1. The summed E-state index contributed by atoms with van der Waals surface area (Å²) in [6, 6.07) is 0. The van der Waals surface area contributed by atoms with Crippen LogP contribution < -0.4 is 5.32 Å². The molecule has 0 atom stereocenters. The summed E-state index contributed by atoms with van der Waals surface area (Å²) < 4.78 is 5.38. The Kier molecular flexibility index (Phi) is 6.15. The summed E-state index contributed by atoms with van der Waals surface area (Å²) in [4.78, 5) is 15.8. The van der Waals surface area contributed by atoms with Gasteiger partial charge in [0.05, 0.1) is 23.2 Å². The van der Waals surface area contributed by atoms with Crippen molar-refractivity contribution in [3.8, 4) is 0 Å². The molecule has 5 heteroatoms. The van der Waals surface area contributed by atoms with E-state index < -0.39 is 0 Å². The van der Waals surface area contributed by atoms with Crippen molar-refractivity contribution < 1.29 is 9.53 Å². The summed E-state index contributed by atoms with van der Waals surface area (Å²) in [5.41, 5.74) is 0.850. The SMILES string of the molecule is Cc1nc(CC(=O)NCCCOC(C)C)cs1. The molecule has 1 rings (SSSR count). The largest absolute Gasteiger partial charge is 0.379 e. The summed E-state index contributed by atoms with van der Waals surface area (Å²) in [6.07, 6.45) is 1.47. The Morgan fingerprint density at radius 2 is 2.35 bits per heavy atom. The lowest BCUT2D eigenvalue weighted by Crippen LogP contribution is -2.27. The van der Waals surface area contributed by atoms with Crippen LogP contribution in [-0.2, 0) is 16.0 Å². The average Bonchev–Trinajstić information content (AvgIpc) is 2.63. The Hall–Kier alpha value is -0.940. The summed E-state index contributed by atoms with van der Waals surface area (Å²) in [6.45, 7) is 7.30. The van der Waals surface area contributed by atoms with Crippen molar-refractivity contribution in [2.45, 2.75) is 39.7 Å². The van der Waals surface area contributed by atoms with E-state index in [2.05, 4.69) is 10.3 Å². The minimum Gasteiger partial charge on any atom is -0.379 e. The topological polar surface area (TPSA) is 51.2 Å². The zero-order valence-electron chi connectivity index (χ0n) is 10.7. The molecule has 0 aliphatic heterocycles. The normalized spacial score (nSPS) is 10.8. The second-order valence-corrected chi connectivity index (χ2v) is 5.22. The molecule has 17 heavy (non-hydrogen) atoms. The third-order valence-corrected chi connectivity index (χ3v) is 2.93. The molecule has 0 aliphatic rings. The third kappa shape index (κ3) is 6.38. The van der Waals surface area contributed by atoms with E-state index in [9.17, 15) is 4.79 Å². The van der Waals surface area contributed by atoms with Crippen LogP contribution in [0.3, 0.4) is 0 Å². The predicted octanol–water partition coefficient (Wildman–Crippen LogP) is 1.93. The molecular formula is C12H20N2O2S. The van der Waals surface area contributed by atoms with Crippen LogP contribution in [0.2, 0.25) is 0 Å². The molecular weight excluding hydrogens is 236 g/mol. The molecule has 0 fully saturated rings. The van der Waals surface area contributed by atoms with Gasteiger partial charge in [0.25, 0.3) is 0 Å². The highest BCUT2D eigenvalue weighted by molar-refractivity contribution is 7.09. The van der Waals surface area contributed by atoms with Gasteiger partial charge in [-0.3, -0.25) is 4.79 Å². The molecule has 1 aromatic rings. The molecule has 0 saturated carbocycles. The molecule has 96 valence electrons. The van der Waals surface area contributed by atoms with Gasteiger partial charge in [-0.15, -0.1) is 11.3 Å². The molecule has 0 unspecified atom stereocenters. The quantitative estimate of drug-likeness (QED) is 0.758. The molecule has 0 radical (unpaired) electrons. The zero-order chi connectivity index (χ0) is 12.7. The second kappa shape index (κ2) is 7.40. The van der Waals surface area contributed by atoms with E-state index in [4.69, 9.17) is 4.74 Å². The number of aromatic nitrogens is 1. The zero-order valence-corrected chi connectivity index (χ0v) is 11.5. The number of ether oxygens (including phenoxy) is 1. The highest BCUT2D eigenvalue weighted by Gasteiger charge is 2.05. The Morgan fingerprint density at radius 3 is 2.94 bits per heavy atom. The molecule has 0 spiro atoms. The van der Waals surface area contributed by atoms with E-state index in [0.29, 0.717) is 19.6 Å². The van der Waals surface area contributed by atoms with Crippen LogP contribution in [0, 0.1) is 6.92 Å². The number of carbonyl (C=O) groups is 1. The molecule has 0 bridgehead atoms. The highest BCUT2D eigenvalue weighted by atomic mass is 32.1. The van der Waals surface area contributed by atoms with Crippen molar-refractivity contribution in [3.05, 3.63) is 16.1 Å². The van der Waals surface area contributed by atoms with Gasteiger partial charge >= 0.3 is 0 Å². The number of amides is 1. The van der Waals surface area contributed by atoms with Gasteiger partial charge in [-0.1, -0.05) is 0 Å². The van der Waals surface area contributed by atoms with E-state index in [1.54, 1.807) is 11.3 Å². The first kappa shape index (κ1) is 14.1. The van der Waals surface area contributed by atoms with Gasteiger partial charge in [-0.25, -0.2) is 4.98 Å². The van der Waals surface area contributed by atoms with Gasteiger partial charge < -0.3 is 10.1 Å². The standard InChI is InChI=1S/C12H20N2O2S/c1-9(2)16-6-4-5-13-12(15)7-11-8-17-10(3)14-11/h8-9H,4-7H2,1-3H3,(H,13,15). The average molecular weight is 256 g/mol. The van der Waals surface area contributed by atoms with Crippen molar-refractivity contribution in [1.82, 2.24) is 10.3 Å². The monoisotopic (exact) mass is 256 g/mol. The van der Waals surface area contributed by atoms with Crippen molar-refractivity contribution in [2.24, 2.45) is 0 Å². The number of thiazole rings is 1. The molecule has 1 N–H and O–H groups in total. The summed E-state index contributed by atoms with van der Waals surface area (Å²) >= 11 is 1.57. The maximum atomic E-state index is 11.5. The van der Waals surface area contributed by atoms with Crippen LogP contribution in [-0.4, -0.2) is 30.1 Å². The first-order valence-corrected chi connectivity index (χ1v) is 6.75. The lowest BCUT2D eigenvalue weighted by molar-refractivity contribution is -0.120. The number of aryl methyl sites for hydroxylation is 1. The van der Waals surface area contributed by atoms with Gasteiger partial charge in [0, 0.05) is 18.5 Å². The minimum absolute atomic E-state index is 0.0276. The number of rotatable bonds is 7. The number of nitrogens with one attached hydrogen (secondary N) is 1. The van der Waals surface area contributed by atoms with Crippen LogP contribution in [0.15, 0.2) is 5.38 Å². The van der Waals surface area contributed by atoms with Gasteiger partial charge in [-0.05, 0) is 27.2 Å². The van der Waals surface area contributed by atoms with Gasteiger partial charge in [0.15, 0.2) is 0 Å². The van der Waals surface area contributed by atoms with E-state index in [-0.39, 0.29) is 12.0 Å². The summed E-state index contributed by atoms with van der Waals surface area (Å²) in [5, 5.41) is 5.79. The maximum absolute atomic E-state index is 11.5. The molecule has 0 aromatic carbocycles. The van der Waals surface area contributed by atoms with Crippen molar-refractivity contribution in [1.29, 1.82) is 0 Å². The molecule has 0 aliphatic carbocycles. The minimum atomic E-state index is 0.0276. The fraction of sp³-hybridized carbons (Fsp3) is 0.667. The van der Waals surface area contributed by atoms with Crippen molar-refractivity contribution in [2.75, 3.05) is 13.2 Å². The van der Waals surface area contributed by atoms with Crippen LogP contribution in [0.25, 0.3) is 0 Å². The Labute approximate surface area is 106 Å². The Bertz CT molecular complexity index is 350. The number of nitrogens with zero attached hydrogens (tertiary/aromatic N) is 1. The van der Waals surface area contributed by atoms with E-state index in [1.807, 2.05) is 26.2 Å². The highest BCUT2D eigenvalue weighted by Crippen LogP contribution is 2.08. The van der Waals surface area contributed by atoms with Gasteiger partial charge in [-0.2, -0.15) is 0 Å². The third-order valence-electron chi connectivity index (χ3n) is 2.10. The van der Waals surface area contributed by atoms with E-state index in [1.165, 1.54) is 0 Å². The fourth-order valence-electron chi connectivity index (χ4n) is 1.34.